The Bertz CT molecular complexity index is 697. The van der Waals surface area contributed by atoms with Crippen molar-refractivity contribution >= 4 is 15.9 Å². The highest BCUT2D eigenvalue weighted by molar-refractivity contribution is 7.89. The van der Waals surface area contributed by atoms with Crippen LogP contribution < -0.4 is 10.1 Å². The summed E-state index contributed by atoms with van der Waals surface area (Å²) in [6, 6.07) is 4.97. The fraction of sp³-hybridized carbons (Fsp3) is 0.611. The molecule has 0 atom stereocenters. The Morgan fingerprint density at radius 3 is 2.52 bits per heavy atom. The molecular formula is C18H28N2O4S. The Hall–Kier alpha value is -1.60. The molecule has 1 aromatic carbocycles. The Balaban J connectivity index is 2.11. The van der Waals surface area contributed by atoms with Crippen LogP contribution in [0.1, 0.15) is 45.1 Å². The van der Waals surface area contributed by atoms with Gasteiger partial charge in [-0.15, -0.1) is 0 Å². The number of rotatable bonds is 8. The molecule has 0 saturated heterocycles. The minimum absolute atomic E-state index is 0.151. The van der Waals surface area contributed by atoms with E-state index in [-0.39, 0.29) is 29.9 Å². The number of hydrogen-bond acceptors (Lipinski definition) is 4. The van der Waals surface area contributed by atoms with E-state index in [1.54, 1.807) is 19.1 Å². The molecule has 1 amide bonds. The fourth-order valence-electron chi connectivity index (χ4n) is 3.12. The number of carbonyl (C=O) groups excluding carboxylic acids is 1. The average Bonchev–Trinajstić information content (AvgIpc) is 3.07. The van der Waals surface area contributed by atoms with Crippen molar-refractivity contribution in [2.45, 2.75) is 57.4 Å². The highest BCUT2D eigenvalue weighted by Crippen LogP contribution is 2.24. The molecule has 0 unspecified atom stereocenters. The highest BCUT2D eigenvalue weighted by Gasteiger charge is 2.27. The smallest absolute Gasteiger partial charge is 0.243 e. The molecule has 6 nitrogen and oxygen atoms in total. The Labute approximate surface area is 150 Å². The maximum absolute atomic E-state index is 12.9. The molecule has 0 heterocycles. The van der Waals surface area contributed by atoms with E-state index in [1.165, 1.54) is 10.4 Å². The number of hydrogen-bond donors (Lipinski definition) is 1. The fourth-order valence-corrected chi connectivity index (χ4v) is 4.61. The zero-order valence-electron chi connectivity index (χ0n) is 15.2. The standard InChI is InChI=1S/C18H28N2O4S/c1-4-20(13-18(21)19-15-8-6-7-9-15)25(22,23)16-10-11-17(24-5-2)14(3)12-16/h10-12,15H,4-9,13H2,1-3H3,(H,19,21). The summed E-state index contributed by atoms with van der Waals surface area (Å²) in [6.07, 6.45) is 4.18. The van der Waals surface area contributed by atoms with Gasteiger partial charge in [0.2, 0.25) is 15.9 Å². The molecule has 1 aliphatic carbocycles. The lowest BCUT2D eigenvalue weighted by Gasteiger charge is -2.22. The van der Waals surface area contributed by atoms with Gasteiger partial charge in [-0.3, -0.25) is 4.79 Å². The first-order valence-electron chi connectivity index (χ1n) is 8.91. The van der Waals surface area contributed by atoms with Gasteiger partial charge in [-0.2, -0.15) is 4.31 Å². The van der Waals surface area contributed by atoms with Crippen molar-refractivity contribution in [1.82, 2.24) is 9.62 Å². The van der Waals surface area contributed by atoms with Gasteiger partial charge in [-0.05, 0) is 50.5 Å². The van der Waals surface area contributed by atoms with Crippen molar-refractivity contribution in [3.05, 3.63) is 23.8 Å². The molecule has 0 aliphatic heterocycles. The zero-order chi connectivity index (χ0) is 18.4. The summed E-state index contributed by atoms with van der Waals surface area (Å²) < 4.78 is 32.4. The topological polar surface area (TPSA) is 75.7 Å². The molecule has 1 aromatic rings. The monoisotopic (exact) mass is 368 g/mol. The molecule has 7 heteroatoms. The minimum atomic E-state index is -3.72. The summed E-state index contributed by atoms with van der Waals surface area (Å²) in [4.78, 5) is 12.4. The van der Waals surface area contributed by atoms with E-state index in [4.69, 9.17) is 4.74 Å². The highest BCUT2D eigenvalue weighted by atomic mass is 32.2. The lowest BCUT2D eigenvalue weighted by Crippen LogP contribution is -2.43. The van der Waals surface area contributed by atoms with E-state index >= 15 is 0 Å². The van der Waals surface area contributed by atoms with Crippen LogP contribution in [-0.2, 0) is 14.8 Å². The largest absolute Gasteiger partial charge is 0.494 e. The summed E-state index contributed by atoms with van der Waals surface area (Å²) in [6.45, 7) is 6.05. The van der Waals surface area contributed by atoms with Gasteiger partial charge in [0.1, 0.15) is 5.75 Å². The van der Waals surface area contributed by atoms with E-state index in [2.05, 4.69) is 5.32 Å². The quantitative estimate of drug-likeness (QED) is 0.765. The molecule has 0 bridgehead atoms. The molecule has 1 N–H and O–H groups in total. The molecule has 0 radical (unpaired) electrons. The predicted molar refractivity (Wildman–Crippen MR) is 97.2 cm³/mol. The van der Waals surface area contributed by atoms with Crippen molar-refractivity contribution in [2.24, 2.45) is 0 Å². The second kappa shape index (κ2) is 8.67. The minimum Gasteiger partial charge on any atom is -0.494 e. The van der Waals surface area contributed by atoms with Crippen molar-refractivity contribution in [2.75, 3.05) is 19.7 Å². The molecule has 25 heavy (non-hydrogen) atoms. The molecule has 0 spiro atoms. The number of sulfonamides is 1. The predicted octanol–water partition coefficient (Wildman–Crippen LogP) is 2.46. The van der Waals surface area contributed by atoms with E-state index in [0.29, 0.717) is 12.4 Å². The van der Waals surface area contributed by atoms with Gasteiger partial charge in [0.05, 0.1) is 18.0 Å². The van der Waals surface area contributed by atoms with Gasteiger partial charge >= 0.3 is 0 Å². The number of nitrogens with zero attached hydrogens (tertiary/aromatic N) is 1. The van der Waals surface area contributed by atoms with Gasteiger partial charge in [-0.1, -0.05) is 19.8 Å². The van der Waals surface area contributed by atoms with Crippen LogP contribution in [0.2, 0.25) is 0 Å². The van der Waals surface area contributed by atoms with Gasteiger partial charge in [0, 0.05) is 12.6 Å². The summed E-state index contributed by atoms with van der Waals surface area (Å²) in [5, 5.41) is 2.94. The number of carbonyl (C=O) groups is 1. The van der Waals surface area contributed by atoms with Crippen molar-refractivity contribution in [1.29, 1.82) is 0 Å². The van der Waals surface area contributed by atoms with Crippen LogP contribution in [-0.4, -0.2) is 44.4 Å². The summed E-state index contributed by atoms with van der Waals surface area (Å²) in [5.41, 5.74) is 0.759. The molecule has 2 rings (SSSR count). The van der Waals surface area contributed by atoms with Gasteiger partial charge < -0.3 is 10.1 Å². The molecule has 1 aliphatic rings. The van der Waals surface area contributed by atoms with E-state index < -0.39 is 10.0 Å². The second-order valence-corrected chi connectivity index (χ2v) is 8.28. The van der Waals surface area contributed by atoms with Crippen LogP contribution in [0.15, 0.2) is 23.1 Å². The first kappa shape index (κ1) is 19.7. The van der Waals surface area contributed by atoms with Gasteiger partial charge in [0.15, 0.2) is 0 Å². The first-order valence-corrected chi connectivity index (χ1v) is 10.4. The van der Waals surface area contributed by atoms with E-state index in [9.17, 15) is 13.2 Å². The molecule has 0 aromatic heterocycles. The Kier molecular flexibility index (Phi) is 6.84. The maximum atomic E-state index is 12.9. The van der Waals surface area contributed by atoms with Crippen molar-refractivity contribution < 1.29 is 17.9 Å². The second-order valence-electron chi connectivity index (χ2n) is 6.34. The molecule has 1 saturated carbocycles. The first-order chi connectivity index (χ1) is 11.9. The number of ether oxygens (including phenoxy) is 1. The van der Waals surface area contributed by atoms with Crippen LogP contribution in [0.4, 0.5) is 0 Å². The molecule has 1 fully saturated rings. The number of likely N-dealkylation sites (N-methyl/N-ethyl adjacent to an activating group) is 1. The van der Waals surface area contributed by atoms with Crippen molar-refractivity contribution in [3.8, 4) is 5.75 Å². The summed E-state index contributed by atoms with van der Waals surface area (Å²) >= 11 is 0. The van der Waals surface area contributed by atoms with Crippen LogP contribution in [0.25, 0.3) is 0 Å². The summed E-state index contributed by atoms with van der Waals surface area (Å²) in [5.74, 6) is 0.434. The average molecular weight is 368 g/mol. The van der Waals surface area contributed by atoms with E-state index in [1.807, 2.05) is 13.8 Å². The lowest BCUT2D eigenvalue weighted by molar-refractivity contribution is -0.121. The normalized spacial score (nSPS) is 15.5. The van der Waals surface area contributed by atoms with E-state index in [0.717, 1.165) is 31.2 Å². The third-order valence-corrected chi connectivity index (χ3v) is 6.39. The number of benzene rings is 1. The maximum Gasteiger partial charge on any atom is 0.243 e. The Morgan fingerprint density at radius 2 is 1.96 bits per heavy atom. The van der Waals surface area contributed by atoms with Crippen LogP contribution in [0, 0.1) is 6.92 Å². The summed E-state index contributed by atoms with van der Waals surface area (Å²) in [7, 11) is -3.72. The lowest BCUT2D eigenvalue weighted by atomic mass is 10.2. The van der Waals surface area contributed by atoms with Gasteiger partial charge in [-0.25, -0.2) is 8.42 Å². The third-order valence-electron chi connectivity index (χ3n) is 4.48. The van der Waals surface area contributed by atoms with Crippen LogP contribution >= 0.6 is 0 Å². The third kappa shape index (κ3) is 4.95. The van der Waals surface area contributed by atoms with Gasteiger partial charge in [0.25, 0.3) is 0 Å². The van der Waals surface area contributed by atoms with Crippen LogP contribution in [0.5, 0.6) is 5.75 Å². The van der Waals surface area contributed by atoms with Crippen LogP contribution in [0.3, 0.4) is 0 Å². The number of amides is 1. The number of aryl methyl sites for hydroxylation is 1. The molecule has 140 valence electrons. The number of nitrogens with one attached hydrogen (secondary N) is 1. The van der Waals surface area contributed by atoms with Crippen molar-refractivity contribution in [3.63, 3.8) is 0 Å². The molecular weight excluding hydrogens is 340 g/mol. The zero-order valence-corrected chi connectivity index (χ0v) is 16.1. The Morgan fingerprint density at radius 1 is 1.28 bits per heavy atom. The SMILES string of the molecule is CCOc1ccc(S(=O)(=O)N(CC)CC(=O)NC2CCCC2)cc1C.